The maximum absolute atomic E-state index is 11.1. The molecule has 16 heavy (non-hydrogen) atoms. The molecule has 0 aliphatic heterocycles. The Morgan fingerprint density at radius 3 is 2.50 bits per heavy atom. The van der Waals surface area contributed by atoms with Crippen LogP contribution >= 0.6 is 0 Å². The second-order valence-corrected chi connectivity index (χ2v) is 3.74. The Hall–Kier alpha value is -0.650. The molecule has 96 valence electrons. The summed E-state index contributed by atoms with van der Waals surface area (Å²) in [6.07, 6.45) is 0. The molecule has 0 aromatic heterocycles. The quantitative estimate of drug-likeness (QED) is 0.527. The number of hydrogen-bond acceptors (Lipinski definition) is 4. The van der Waals surface area contributed by atoms with Gasteiger partial charge in [-0.2, -0.15) is 0 Å². The summed E-state index contributed by atoms with van der Waals surface area (Å²) < 4.78 is 10.4. The highest BCUT2D eigenvalue weighted by Gasteiger charge is 2.02. The van der Waals surface area contributed by atoms with Gasteiger partial charge in [0.15, 0.2) is 0 Å². The van der Waals surface area contributed by atoms with Gasteiger partial charge in [-0.05, 0) is 20.4 Å². The van der Waals surface area contributed by atoms with Crippen LogP contribution in [0, 0.1) is 0 Å². The van der Waals surface area contributed by atoms with Crippen LogP contribution < -0.4 is 10.6 Å². The SMILES string of the molecule is CCNCCOCCOCC(=O)NC(C)C. The van der Waals surface area contributed by atoms with E-state index >= 15 is 0 Å². The van der Waals surface area contributed by atoms with Crippen molar-refractivity contribution in [2.45, 2.75) is 26.8 Å². The van der Waals surface area contributed by atoms with E-state index in [1.165, 1.54) is 0 Å². The molecule has 0 aliphatic carbocycles. The van der Waals surface area contributed by atoms with Gasteiger partial charge in [0.05, 0.1) is 19.8 Å². The van der Waals surface area contributed by atoms with E-state index in [0.29, 0.717) is 19.8 Å². The van der Waals surface area contributed by atoms with Gasteiger partial charge in [-0.25, -0.2) is 0 Å². The minimum Gasteiger partial charge on any atom is -0.378 e. The summed E-state index contributed by atoms with van der Waals surface area (Å²) in [7, 11) is 0. The summed E-state index contributed by atoms with van der Waals surface area (Å²) in [6.45, 7) is 9.46. The monoisotopic (exact) mass is 232 g/mol. The number of ether oxygens (including phenoxy) is 2. The Morgan fingerprint density at radius 1 is 1.19 bits per heavy atom. The van der Waals surface area contributed by atoms with Crippen molar-refractivity contribution in [1.29, 1.82) is 0 Å². The summed E-state index contributed by atoms with van der Waals surface area (Å²) in [4.78, 5) is 11.1. The molecule has 0 aromatic rings. The van der Waals surface area contributed by atoms with Crippen molar-refractivity contribution in [2.24, 2.45) is 0 Å². The average molecular weight is 232 g/mol. The van der Waals surface area contributed by atoms with Crippen LogP contribution in [0.1, 0.15) is 20.8 Å². The average Bonchev–Trinajstić information content (AvgIpc) is 2.21. The van der Waals surface area contributed by atoms with E-state index in [1.54, 1.807) is 0 Å². The molecule has 0 unspecified atom stereocenters. The first-order valence-electron chi connectivity index (χ1n) is 5.82. The van der Waals surface area contributed by atoms with Crippen LogP contribution in [0.25, 0.3) is 0 Å². The Balaban J connectivity index is 3.11. The predicted molar refractivity (Wildman–Crippen MR) is 63.5 cm³/mol. The van der Waals surface area contributed by atoms with E-state index in [9.17, 15) is 4.79 Å². The van der Waals surface area contributed by atoms with E-state index in [-0.39, 0.29) is 18.6 Å². The van der Waals surface area contributed by atoms with Gasteiger partial charge in [0.25, 0.3) is 0 Å². The lowest BCUT2D eigenvalue weighted by Crippen LogP contribution is -2.33. The Bertz CT molecular complexity index is 175. The molecule has 0 radical (unpaired) electrons. The fourth-order valence-electron chi connectivity index (χ4n) is 1.07. The molecular weight excluding hydrogens is 208 g/mol. The minimum atomic E-state index is -0.0809. The highest BCUT2D eigenvalue weighted by molar-refractivity contribution is 5.77. The molecule has 0 heterocycles. The number of carbonyl (C=O) groups excluding carboxylic acids is 1. The third-order valence-corrected chi connectivity index (χ3v) is 1.73. The highest BCUT2D eigenvalue weighted by atomic mass is 16.5. The normalized spacial score (nSPS) is 10.8. The molecule has 0 atom stereocenters. The van der Waals surface area contributed by atoms with Gasteiger partial charge in [-0.3, -0.25) is 4.79 Å². The zero-order chi connectivity index (χ0) is 12.2. The predicted octanol–water partition coefficient (Wildman–Crippen LogP) is 0.154. The fourth-order valence-corrected chi connectivity index (χ4v) is 1.07. The number of carbonyl (C=O) groups is 1. The first-order chi connectivity index (χ1) is 7.66. The standard InChI is InChI=1S/C11H24N2O3/c1-4-12-5-6-15-7-8-16-9-11(14)13-10(2)3/h10,12H,4-9H2,1-3H3,(H,13,14). The van der Waals surface area contributed by atoms with Crippen LogP contribution in [0.2, 0.25) is 0 Å². The van der Waals surface area contributed by atoms with Crippen LogP contribution in [-0.4, -0.2) is 51.5 Å². The zero-order valence-corrected chi connectivity index (χ0v) is 10.5. The van der Waals surface area contributed by atoms with E-state index in [0.717, 1.165) is 13.1 Å². The molecule has 0 spiro atoms. The lowest BCUT2D eigenvalue weighted by atomic mass is 10.4. The van der Waals surface area contributed by atoms with Gasteiger partial charge in [0, 0.05) is 12.6 Å². The van der Waals surface area contributed by atoms with Crippen LogP contribution in [0.15, 0.2) is 0 Å². The van der Waals surface area contributed by atoms with Gasteiger partial charge in [0.1, 0.15) is 6.61 Å². The topological polar surface area (TPSA) is 59.6 Å². The van der Waals surface area contributed by atoms with Crippen molar-refractivity contribution >= 4 is 5.91 Å². The molecule has 0 aromatic carbocycles. The van der Waals surface area contributed by atoms with Crippen molar-refractivity contribution in [3.63, 3.8) is 0 Å². The molecule has 0 aliphatic rings. The van der Waals surface area contributed by atoms with Crippen LogP contribution in [0.5, 0.6) is 0 Å². The van der Waals surface area contributed by atoms with Crippen molar-refractivity contribution in [3.05, 3.63) is 0 Å². The van der Waals surface area contributed by atoms with Crippen LogP contribution in [-0.2, 0) is 14.3 Å². The molecule has 0 saturated heterocycles. The van der Waals surface area contributed by atoms with Crippen molar-refractivity contribution < 1.29 is 14.3 Å². The van der Waals surface area contributed by atoms with Crippen LogP contribution in [0.3, 0.4) is 0 Å². The van der Waals surface area contributed by atoms with Crippen molar-refractivity contribution in [3.8, 4) is 0 Å². The zero-order valence-electron chi connectivity index (χ0n) is 10.5. The molecule has 5 heteroatoms. The van der Waals surface area contributed by atoms with Gasteiger partial charge in [-0.15, -0.1) is 0 Å². The Kier molecular flexibility index (Phi) is 10.4. The third kappa shape index (κ3) is 11.4. The molecule has 0 bridgehead atoms. The third-order valence-electron chi connectivity index (χ3n) is 1.73. The first-order valence-corrected chi connectivity index (χ1v) is 5.82. The highest BCUT2D eigenvalue weighted by Crippen LogP contribution is 1.81. The number of rotatable bonds is 10. The van der Waals surface area contributed by atoms with Crippen LogP contribution in [0.4, 0.5) is 0 Å². The maximum atomic E-state index is 11.1. The Labute approximate surface area is 97.9 Å². The summed E-state index contributed by atoms with van der Waals surface area (Å²) in [6, 6.07) is 0.160. The van der Waals surface area contributed by atoms with Gasteiger partial charge in [-0.1, -0.05) is 6.92 Å². The maximum Gasteiger partial charge on any atom is 0.246 e. The number of likely N-dealkylation sites (N-methyl/N-ethyl adjacent to an activating group) is 1. The molecule has 5 nitrogen and oxygen atoms in total. The second kappa shape index (κ2) is 10.9. The summed E-state index contributed by atoms with van der Waals surface area (Å²) >= 11 is 0. The minimum absolute atomic E-state index is 0.0809. The summed E-state index contributed by atoms with van der Waals surface area (Å²) in [5, 5.41) is 5.90. The van der Waals surface area contributed by atoms with Gasteiger partial charge >= 0.3 is 0 Å². The Morgan fingerprint density at radius 2 is 1.88 bits per heavy atom. The van der Waals surface area contributed by atoms with E-state index < -0.39 is 0 Å². The number of nitrogens with one attached hydrogen (secondary N) is 2. The summed E-state index contributed by atoms with van der Waals surface area (Å²) in [5.41, 5.74) is 0. The van der Waals surface area contributed by atoms with Gasteiger partial charge in [0.2, 0.25) is 5.91 Å². The van der Waals surface area contributed by atoms with E-state index in [2.05, 4.69) is 17.6 Å². The van der Waals surface area contributed by atoms with E-state index in [1.807, 2.05) is 13.8 Å². The smallest absolute Gasteiger partial charge is 0.246 e. The molecule has 0 rings (SSSR count). The fraction of sp³-hybridized carbons (Fsp3) is 0.909. The number of amides is 1. The molecule has 2 N–H and O–H groups in total. The molecular formula is C11H24N2O3. The molecule has 0 fully saturated rings. The lowest BCUT2D eigenvalue weighted by Gasteiger charge is -2.09. The lowest BCUT2D eigenvalue weighted by molar-refractivity contribution is -0.126. The number of hydrogen-bond donors (Lipinski definition) is 2. The van der Waals surface area contributed by atoms with Crippen molar-refractivity contribution in [1.82, 2.24) is 10.6 Å². The van der Waals surface area contributed by atoms with E-state index in [4.69, 9.17) is 9.47 Å². The summed E-state index contributed by atoms with van der Waals surface area (Å²) in [5.74, 6) is -0.0809. The molecule has 1 amide bonds. The van der Waals surface area contributed by atoms with Crippen molar-refractivity contribution in [2.75, 3.05) is 39.5 Å². The first kappa shape index (κ1) is 15.3. The second-order valence-electron chi connectivity index (χ2n) is 3.74. The largest absolute Gasteiger partial charge is 0.378 e. The van der Waals surface area contributed by atoms with Gasteiger partial charge < -0.3 is 20.1 Å². The molecule has 0 saturated carbocycles.